The molecule has 3 nitrogen and oxygen atoms in total. The average molecular weight is 261 g/mol. The Kier molecular flexibility index (Phi) is 5.45. The maximum absolute atomic E-state index is 11.1. The maximum atomic E-state index is 11.1. The van der Waals surface area contributed by atoms with Gasteiger partial charge in [0.05, 0.1) is 5.75 Å². The predicted molar refractivity (Wildman–Crippen MR) is 72.9 cm³/mol. The summed E-state index contributed by atoms with van der Waals surface area (Å²) < 4.78 is 22.2. The molecule has 3 unspecified atom stereocenters. The fraction of sp³-hybridized carbons (Fsp3) is 1.00. The monoisotopic (exact) mass is 261 g/mol. The molecule has 0 aromatic carbocycles. The fourth-order valence-electron chi connectivity index (χ4n) is 2.96. The highest BCUT2D eigenvalue weighted by Gasteiger charge is 2.24. The van der Waals surface area contributed by atoms with Crippen LogP contribution in [0.25, 0.3) is 0 Å². The van der Waals surface area contributed by atoms with Crippen LogP contribution in [0.15, 0.2) is 0 Å². The molecular formula is C13H27NO2S. The van der Waals surface area contributed by atoms with Crippen molar-refractivity contribution < 1.29 is 8.42 Å². The zero-order chi connectivity index (χ0) is 13.1. The lowest BCUT2D eigenvalue weighted by Crippen LogP contribution is -2.41. The van der Waals surface area contributed by atoms with Crippen LogP contribution in [0, 0.1) is 11.8 Å². The summed E-state index contributed by atoms with van der Waals surface area (Å²) in [6, 6.07) is 0.871. The second-order valence-corrected chi connectivity index (χ2v) is 8.36. The third-order valence-corrected chi connectivity index (χ3v) is 4.60. The van der Waals surface area contributed by atoms with Gasteiger partial charge in [0.15, 0.2) is 0 Å². The first-order valence-electron chi connectivity index (χ1n) is 6.70. The number of nitrogens with one attached hydrogen (secondary N) is 1. The van der Waals surface area contributed by atoms with Crippen molar-refractivity contribution in [1.29, 1.82) is 0 Å². The smallest absolute Gasteiger partial charge is 0.147 e. The Morgan fingerprint density at radius 3 is 2.18 bits per heavy atom. The minimum Gasteiger partial charge on any atom is -0.311 e. The van der Waals surface area contributed by atoms with Crippen LogP contribution in [-0.2, 0) is 9.84 Å². The Bertz CT molecular complexity index is 316. The van der Waals surface area contributed by atoms with Gasteiger partial charge in [-0.05, 0) is 44.4 Å². The van der Waals surface area contributed by atoms with Crippen LogP contribution in [0.4, 0.5) is 0 Å². The molecule has 1 saturated carbocycles. The molecule has 1 aliphatic rings. The summed E-state index contributed by atoms with van der Waals surface area (Å²) in [5, 5.41) is 3.59. The van der Waals surface area contributed by atoms with Gasteiger partial charge >= 0.3 is 0 Å². The molecule has 0 saturated heterocycles. The SMILES string of the molecule is CC1CC(C)CC(NC(C)CCS(C)(=O)=O)C1. The summed E-state index contributed by atoms with van der Waals surface area (Å²) in [5.41, 5.74) is 0. The van der Waals surface area contributed by atoms with Crippen LogP contribution in [0.1, 0.15) is 46.5 Å². The van der Waals surface area contributed by atoms with E-state index in [0.717, 1.165) is 18.3 Å². The minimum atomic E-state index is -2.82. The van der Waals surface area contributed by atoms with E-state index in [2.05, 4.69) is 26.1 Å². The van der Waals surface area contributed by atoms with Crippen molar-refractivity contribution in [2.75, 3.05) is 12.0 Å². The van der Waals surface area contributed by atoms with Gasteiger partial charge in [0, 0.05) is 18.3 Å². The second kappa shape index (κ2) is 6.19. The average Bonchev–Trinajstić information content (AvgIpc) is 2.11. The Labute approximate surface area is 106 Å². The highest BCUT2D eigenvalue weighted by Crippen LogP contribution is 2.28. The maximum Gasteiger partial charge on any atom is 0.147 e. The Hall–Kier alpha value is -0.0900. The molecule has 4 heteroatoms. The van der Waals surface area contributed by atoms with Crippen LogP contribution < -0.4 is 5.32 Å². The second-order valence-electron chi connectivity index (χ2n) is 6.10. The summed E-state index contributed by atoms with van der Waals surface area (Å²) >= 11 is 0. The number of rotatable bonds is 5. The topological polar surface area (TPSA) is 46.2 Å². The first-order valence-corrected chi connectivity index (χ1v) is 8.76. The molecular weight excluding hydrogens is 234 g/mol. The number of hydrogen-bond acceptors (Lipinski definition) is 3. The molecule has 102 valence electrons. The Balaban J connectivity index is 2.32. The van der Waals surface area contributed by atoms with Crippen LogP contribution >= 0.6 is 0 Å². The van der Waals surface area contributed by atoms with E-state index in [9.17, 15) is 8.42 Å². The molecule has 1 fully saturated rings. The van der Waals surface area contributed by atoms with E-state index < -0.39 is 9.84 Å². The largest absolute Gasteiger partial charge is 0.311 e. The molecule has 0 bridgehead atoms. The van der Waals surface area contributed by atoms with Crippen LogP contribution in [0.5, 0.6) is 0 Å². The van der Waals surface area contributed by atoms with Crippen molar-refractivity contribution in [3.8, 4) is 0 Å². The van der Waals surface area contributed by atoms with Gasteiger partial charge in [0.1, 0.15) is 9.84 Å². The van der Waals surface area contributed by atoms with E-state index >= 15 is 0 Å². The van der Waals surface area contributed by atoms with E-state index in [1.807, 2.05) is 0 Å². The first kappa shape index (κ1) is 15.0. The van der Waals surface area contributed by atoms with E-state index in [-0.39, 0.29) is 0 Å². The van der Waals surface area contributed by atoms with Crippen molar-refractivity contribution in [1.82, 2.24) is 5.32 Å². The lowest BCUT2D eigenvalue weighted by atomic mass is 9.80. The van der Waals surface area contributed by atoms with E-state index in [0.29, 0.717) is 17.8 Å². The third kappa shape index (κ3) is 6.41. The van der Waals surface area contributed by atoms with Crippen molar-refractivity contribution >= 4 is 9.84 Å². The first-order chi connectivity index (χ1) is 7.76. The third-order valence-electron chi connectivity index (χ3n) is 3.62. The van der Waals surface area contributed by atoms with E-state index in [1.165, 1.54) is 25.5 Å². The van der Waals surface area contributed by atoms with Gasteiger partial charge in [-0.25, -0.2) is 8.42 Å². The molecule has 3 atom stereocenters. The molecule has 0 spiro atoms. The summed E-state index contributed by atoms with van der Waals surface area (Å²) in [4.78, 5) is 0. The summed E-state index contributed by atoms with van der Waals surface area (Å²) in [5.74, 6) is 1.87. The quantitative estimate of drug-likeness (QED) is 0.825. The van der Waals surface area contributed by atoms with Gasteiger partial charge in [0.25, 0.3) is 0 Å². The fourth-order valence-corrected chi connectivity index (χ4v) is 3.74. The van der Waals surface area contributed by atoms with Crippen LogP contribution in [0.3, 0.4) is 0 Å². The van der Waals surface area contributed by atoms with Gasteiger partial charge in [-0.1, -0.05) is 13.8 Å². The summed E-state index contributed by atoms with van der Waals surface area (Å²) in [6.45, 7) is 6.71. The van der Waals surface area contributed by atoms with Gasteiger partial charge in [0.2, 0.25) is 0 Å². The Morgan fingerprint density at radius 1 is 1.18 bits per heavy atom. The highest BCUT2D eigenvalue weighted by molar-refractivity contribution is 7.90. The minimum absolute atomic E-state index is 0.291. The van der Waals surface area contributed by atoms with Crippen LogP contribution in [0.2, 0.25) is 0 Å². The molecule has 0 aromatic rings. The van der Waals surface area contributed by atoms with Gasteiger partial charge in [-0.15, -0.1) is 0 Å². The number of hydrogen-bond donors (Lipinski definition) is 1. The van der Waals surface area contributed by atoms with Crippen molar-refractivity contribution in [2.45, 2.75) is 58.5 Å². The normalized spacial score (nSPS) is 32.4. The van der Waals surface area contributed by atoms with Crippen molar-refractivity contribution in [3.63, 3.8) is 0 Å². The highest BCUT2D eigenvalue weighted by atomic mass is 32.2. The summed E-state index contributed by atoms with van der Waals surface area (Å²) in [7, 11) is -2.82. The zero-order valence-electron chi connectivity index (χ0n) is 11.6. The van der Waals surface area contributed by atoms with Crippen LogP contribution in [-0.4, -0.2) is 32.5 Å². The lowest BCUT2D eigenvalue weighted by Gasteiger charge is -2.34. The predicted octanol–water partition coefficient (Wildman–Crippen LogP) is 2.22. The van der Waals surface area contributed by atoms with E-state index in [1.54, 1.807) is 0 Å². The number of sulfone groups is 1. The molecule has 0 radical (unpaired) electrons. The molecule has 1 N–H and O–H groups in total. The lowest BCUT2D eigenvalue weighted by molar-refractivity contribution is 0.227. The zero-order valence-corrected chi connectivity index (χ0v) is 12.4. The molecule has 1 rings (SSSR count). The van der Waals surface area contributed by atoms with Gasteiger partial charge in [-0.2, -0.15) is 0 Å². The molecule has 1 aliphatic carbocycles. The Morgan fingerprint density at radius 2 is 1.71 bits per heavy atom. The standard InChI is InChI=1S/C13H27NO2S/c1-10-7-11(2)9-13(8-10)14-12(3)5-6-17(4,15)16/h10-14H,5-9H2,1-4H3. The van der Waals surface area contributed by atoms with Crippen molar-refractivity contribution in [2.24, 2.45) is 11.8 Å². The van der Waals surface area contributed by atoms with E-state index in [4.69, 9.17) is 0 Å². The molecule has 0 aliphatic heterocycles. The van der Waals surface area contributed by atoms with Gasteiger partial charge < -0.3 is 5.32 Å². The molecule has 0 aromatic heterocycles. The van der Waals surface area contributed by atoms with Crippen molar-refractivity contribution in [3.05, 3.63) is 0 Å². The molecule has 0 amide bonds. The summed E-state index contributed by atoms with van der Waals surface area (Å²) in [6.07, 6.45) is 5.82. The molecule has 17 heavy (non-hydrogen) atoms. The molecule has 0 heterocycles. The van der Waals surface area contributed by atoms with Gasteiger partial charge in [-0.3, -0.25) is 0 Å².